The van der Waals surface area contributed by atoms with E-state index in [9.17, 15) is 13.5 Å². The smallest absolute Gasteiger partial charge is 0.281 e. The highest BCUT2D eigenvalue weighted by Crippen LogP contribution is 2.30. The first-order chi connectivity index (χ1) is 9.20. The van der Waals surface area contributed by atoms with E-state index in [0.29, 0.717) is 11.4 Å². The van der Waals surface area contributed by atoms with E-state index in [1.54, 1.807) is 37.6 Å². The van der Waals surface area contributed by atoms with Crippen LogP contribution < -0.4 is 4.72 Å². The molecule has 0 aliphatic carbocycles. The fraction of sp³-hybridized carbons (Fsp3) is 0.308. The predicted molar refractivity (Wildman–Crippen MR) is 76.3 cm³/mol. The first-order valence-electron chi connectivity index (χ1n) is 6.03. The number of benzene rings is 1. The number of aryl methyl sites for hydroxylation is 4. The average molecular weight is 295 g/mol. The molecule has 0 fully saturated rings. The monoisotopic (exact) mass is 295 g/mol. The summed E-state index contributed by atoms with van der Waals surface area (Å²) in [6, 6.07) is 3.35. The third-order valence-electron chi connectivity index (χ3n) is 3.05. The Morgan fingerprint density at radius 1 is 1.25 bits per heavy atom. The lowest BCUT2D eigenvalue weighted by atomic mass is 10.1. The number of hydrogen-bond acceptors (Lipinski definition) is 4. The summed E-state index contributed by atoms with van der Waals surface area (Å²) in [4.78, 5) is 3.98. The Hall–Kier alpha value is -2.02. The summed E-state index contributed by atoms with van der Waals surface area (Å²) in [7, 11) is -2.10. The summed E-state index contributed by atoms with van der Waals surface area (Å²) in [5.74, 6) is 0.516. The predicted octanol–water partition coefficient (Wildman–Crippen LogP) is 1.85. The van der Waals surface area contributed by atoms with Crippen LogP contribution in [0.1, 0.15) is 17.0 Å². The molecule has 2 rings (SSSR count). The molecule has 6 nitrogen and oxygen atoms in total. The molecule has 0 bridgehead atoms. The van der Waals surface area contributed by atoms with Gasteiger partial charge in [-0.3, -0.25) is 4.72 Å². The van der Waals surface area contributed by atoms with E-state index in [4.69, 9.17) is 0 Å². The molecule has 0 aliphatic rings. The maximum Gasteiger partial charge on any atom is 0.281 e. The molecular weight excluding hydrogens is 278 g/mol. The highest BCUT2D eigenvalue weighted by atomic mass is 32.2. The number of nitrogens with zero attached hydrogens (tertiary/aromatic N) is 2. The van der Waals surface area contributed by atoms with Crippen LogP contribution in [-0.4, -0.2) is 23.1 Å². The van der Waals surface area contributed by atoms with Crippen LogP contribution in [0.15, 0.2) is 23.4 Å². The van der Waals surface area contributed by atoms with Crippen LogP contribution in [0.3, 0.4) is 0 Å². The minimum Gasteiger partial charge on any atom is -0.505 e. The second-order valence-electron chi connectivity index (χ2n) is 4.82. The summed E-state index contributed by atoms with van der Waals surface area (Å²) < 4.78 is 28.5. The molecule has 0 spiro atoms. The van der Waals surface area contributed by atoms with Crippen molar-refractivity contribution in [3.8, 4) is 5.75 Å². The van der Waals surface area contributed by atoms with Crippen molar-refractivity contribution >= 4 is 15.7 Å². The minimum atomic E-state index is -3.81. The van der Waals surface area contributed by atoms with E-state index in [2.05, 4.69) is 9.71 Å². The van der Waals surface area contributed by atoms with Crippen molar-refractivity contribution < 1.29 is 13.5 Å². The molecule has 108 valence electrons. The van der Waals surface area contributed by atoms with E-state index < -0.39 is 10.0 Å². The van der Waals surface area contributed by atoms with Crippen molar-refractivity contribution in [3.05, 3.63) is 35.3 Å². The van der Waals surface area contributed by atoms with Gasteiger partial charge in [-0.1, -0.05) is 6.07 Å². The molecule has 7 heteroatoms. The topological polar surface area (TPSA) is 84.2 Å². The highest BCUT2D eigenvalue weighted by Gasteiger charge is 2.20. The summed E-state index contributed by atoms with van der Waals surface area (Å²) in [5, 5.41) is 9.87. The quantitative estimate of drug-likeness (QED) is 0.846. The average Bonchev–Trinajstić information content (AvgIpc) is 2.66. The molecular formula is C13H17N3O3S. The summed E-state index contributed by atoms with van der Waals surface area (Å²) in [6.07, 6.45) is 1.43. The van der Waals surface area contributed by atoms with Crippen LogP contribution in [0.4, 0.5) is 5.69 Å². The zero-order valence-corrected chi connectivity index (χ0v) is 12.6. The van der Waals surface area contributed by atoms with E-state index in [-0.39, 0.29) is 16.5 Å². The van der Waals surface area contributed by atoms with Gasteiger partial charge in [-0.25, -0.2) is 4.98 Å². The fourth-order valence-electron chi connectivity index (χ4n) is 1.89. The lowest BCUT2D eigenvalue weighted by molar-refractivity contribution is 0.473. The molecule has 0 aliphatic heterocycles. The van der Waals surface area contributed by atoms with Crippen molar-refractivity contribution in [1.82, 2.24) is 9.55 Å². The third kappa shape index (κ3) is 2.62. The van der Waals surface area contributed by atoms with Crippen LogP contribution >= 0.6 is 0 Å². The van der Waals surface area contributed by atoms with Gasteiger partial charge in [0.25, 0.3) is 10.0 Å². The number of anilines is 1. The molecule has 0 saturated heterocycles. The number of nitrogens with one attached hydrogen (secondary N) is 1. The SMILES string of the molecule is Cc1cc(C)c(O)c(NS(=O)(=O)c2cn(C)c(C)n2)c1. The number of sulfonamides is 1. The van der Waals surface area contributed by atoms with Crippen LogP contribution in [0, 0.1) is 20.8 Å². The van der Waals surface area contributed by atoms with Crippen molar-refractivity contribution in [2.24, 2.45) is 7.05 Å². The Kier molecular flexibility index (Phi) is 3.47. The lowest BCUT2D eigenvalue weighted by Crippen LogP contribution is -2.14. The van der Waals surface area contributed by atoms with Crippen molar-refractivity contribution in [2.45, 2.75) is 25.8 Å². The Labute approximate surface area is 118 Å². The zero-order valence-electron chi connectivity index (χ0n) is 11.8. The van der Waals surface area contributed by atoms with Gasteiger partial charge in [0.05, 0.1) is 5.69 Å². The standard InChI is InChI=1S/C13H17N3O3S/c1-8-5-9(2)13(17)11(6-8)15-20(18,19)12-7-16(4)10(3)14-12/h5-7,15,17H,1-4H3. The number of aromatic hydroxyl groups is 1. The van der Waals surface area contributed by atoms with Crippen molar-refractivity contribution in [1.29, 1.82) is 0 Å². The molecule has 2 N–H and O–H groups in total. The maximum absolute atomic E-state index is 12.2. The molecule has 1 aromatic heterocycles. The Bertz CT molecular complexity index is 744. The van der Waals surface area contributed by atoms with Crippen molar-refractivity contribution in [2.75, 3.05) is 4.72 Å². The van der Waals surface area contributed by atoms with Crippen LogP contribution in [0.2, 0.25) is 0 Å². The van der Waals surface area contributed by atoms with Crippen molar-refractivity contribution in [3.63, 3.8) is 0 Å². The normalized spacial score (nSPS) is 11.6. The van der Waals surface area contributed by atoms with E-state index in [1.165, 1.54) is 6.20 Å². The molecule has 20 heavy (non-hydrogen) atoms. The third-order valence-corrected chi connectivity index (χ3v) is 4.29. The molecule has 0 atom stereocenters. The maximum atomic E-state index is 12.2. The lowest BCUT2D eigenvalue weighted by Gasteiger charge is -2.10. The number of aromatic nitrogens is 2. The highest BCUT2D eigenvalue weighted by molar-refractivity contribution is 7.92. The van der Waals surface area contributed by atoms with E-state index in [1.807, 2.05) is 6.92 Å². The molecule has 0 saturated carbocycles. The number of phenolic OH excluding ortho intramolecular Hbond substituents is 1. The van der Waals surface area contributed by atoms with Crippen LogP contribution in [-0.2, 0) is 17.1 Å². The van der Waals surface area contributed by atoms with Gasteiger partial charge in [-0.05, 0) is 38.0 Å². The summed E-state index contributed by atoms with van der Waals surface area (Å²) >= 11 is 0. The molecule has 0 radical (unpaired) electrons. The number of imidazole rings is 1. The Morgan fingerprint density at radius 2 is 1.90 bits per heavy atom. The second-order valence-corrected chi connectivity index (χ2v) is 6.45. The first kappa shape index (κ1) is 14.4. The molecule has 1 aromatic carbocycles. The van der Waals surface area contributed by atoms with E-state index in [0.717, 1.165) is 5.56 Å². The van der Waals surface area contributed by atoms with Gasteiger partial charge in [-0.2, -0.15) is 8.42 Å². The van der Waals surface area contributed by atoms with Crippen LogP contribution in [0.5, 0.6) is 5.75 Å². The number of hydrogen-bond donors (Lipinski definition) is 2. The molecule has 0 unspecified atom stereocenters. The van der Waals surface area contributed by atoms with Gasteiger partial charge in [0.2, 0.25) is 0 Å². The number of rotatable bonds is 3. The molecule has 0 amide bonds. The first-order valence-corrected chi connectivity index (χ1v) is 7.52. The summed E-state index contributed by atoms with van der Waals surface area (Å²) in [6.45, 7) is 5.26. The largest absolute Gasteiger partial charge is 0.505 e. The Morgan fingerprint density at radius 3 is 2.45 bits per heavy atom. The van der Waals surface area contributed by atoms with Gasteiger partial charge in [-0.15, -0.1) is 0 Å². The molecule has 2 aromatic rings. The van der Waals surface area contributed by atoms with Gasteiger partial charge in [0.1, 0.15) is 11.6 Å². The van der Waals surface area contributed by atoms with E-state index >= 15 is 0 Å². The van der Waals surface area contributed by atoms with Gasteiger partial charge in [0.15, 0.2) is 5.03 Å². The number of phenols is 1. The van der Waals surface area contributed by atoms with Gasteiger partial charge < -0.3 is 9.67 Å². The second kappa shape index (κ2) is 4.82. The fourth-order valence-corrected chi connectivity index (χ4v) is 2.99. The van der Waals surface area contributed by atoms with Gasteiger partial charge in [0, 0.05) is 13.2 Å². The van der Waals surface area contributed by atoms with Gasteiger partial charge >= 0.3 is 0 Å². The van der Waals surface area contributed by atoms with Crippen LogP contribution in [0.25, 0.3) is 0 Å². The minimum absolute atomic E-state index is 0.0731. The zero-order chi connectivity index (χ0) is 15.1. The molecule has 1 heterocycles. The summed E-state index contributed by atoms with van der Waals surface area (Å²) in [5.41, 5.74) is 1.63. The Balaban J connectivity index is 2.43.